The smallest absolute Gasteiger partial charge is 0.217 e. The highest BCUT2D eigenvalue weighted by Crippen LogP contribution is 2.21. The van der Waals surface area contributed by atoms with Crippen LogP contribution in [0.4, 0.5) is 0 Å². The van der Waals surface area contributed by atoms with Crippen molar-refractivity contribution in [2.45, 2.75) is 44.9 Å². The van der Waals surface area contributed by atoms with Crippen molar-refractivity contribution in [1.82, 2.24) is 14.5 Å². The summed E-state index contributed by atoms with van der Waals surface area (Å²) in [7, 11) is 0.992. The van der Waals surface area contributed by atoms with Crippen LogP contribution in [-0.2, 0) is 10.0 Å². The molecular formula is C14H31N3O2S. The molecule has 0 saturated carbocycles. The Morgan fingerprint density at radius 1 is 1.20 bits per heavy atom. The van der Waals surface area contributed by atoms with Crippen molar-refractivity contribution in [3.8, 4) is 0 Å². The standard InChI is InChI=1S/C14H31N3O2S/c1-12(2)15-10-13(3)20(18,19)17-8-6-14(7-9-17)11-16(4)5/h12-15H,6-11H2,1-5H3. The van der Waals surface area contributed by atoms with E-state index in [0.29, 0.717) is 31.6 Å². The molecular weight excluding hydrogens is 274 g/mol. The van der Waals surface area contributed by atoms with Gasteiger partial charge in [0.05, 0.1) is 5.25 Å². The highest BCUT2D eigenvalue weighted by molar-refractivity contribution is 7.89. The normalized spacial score (nSPS) is 20.8. The van der Waals surface area contributed by atoms with Crippen molar-refractivity contribution in [3.63, 3.8) is 0 Å². The van der Waals surface area contributed by atoms with Gasteiger partial charge >= 0.3 is 0 Å². The predicted molar refractivity (Wildman–Crippen MR) is 84.4 cm³/mol. The van der Waals surface area contributed by atoms with Gasteiger partial charge in [0.25, 0.3) is 0 Å². The number of rotatable bonds is 7. The van der Waals surface area contributed by atoms with Gasteiger partial charge in [-0.1, -0.05) is 13.8 Å². The first kappa shape index (κ1) is 17.9. The van der Waals surface area contributed by atoms with E-state index in [2.05, 4.69) is 24.3 Å². The van der Waals surface area contributed by atoms with Gasteiger partial charge in [0.1, 0.15) is 0 Å². The molecule has 20 heavy (non-hydrogen) atoms. The Morgan fingerprint density at radius 2 is 1.75 bits per heavy atom. The molecule has 1 saturated heterocycles. The molecule has 0 aliphatic carbocycles. The quantitative estimate of drug-likeness (QED) is 0.762. The zero-order chi connectivity index (χ0) is 15.3. The molecule has 1 aliphatic heterocycles. The lowest BCUT2D eigenvalue weighted by Crippen LogP contribution is -2.47. The molecule has 0 bridgehead atoms. The zero-order valence-electron chi connectivity index (χ0n) is 13.6. The summed E-state index contributed by atoms with van der Waals surface area (Å²) in [6.45, 7) is 8.80. The van der Waals surface area contributed by atoms with Gasteiger partial charge in [-0.2, -0.15) is 0 Å². The molecule has 1 rings (SSSR count). The molecule has 0 aromatic carbocycles. The van der Waals surface area contributed by atoms with Crippen LogP contribution in [0, 0.1) is 5.92 Å². The van der Waals surface area contributed by atoms with Crippen molar-refractivity contribution < 1.29 is 8.42 Å². The summed E-state index contributed by atoms with van der Waals surface area (Å²) in [6.07, 6.45) is 1.95. The first-order valence-corrected chi connectivity index (χ1v) is 9.11. The highest BCUT2D eigenvalue weighted by Gasteiger charge is 2.32. The Labute approximate surface area is 124 Å². The molecule has 0 amide bonds. The molecule has 1 N–H and O–H groups in total. The average Bonchev–Trinajstić information content (AvgIpc) is 2.35. The van der Waals surface area contributed by atoms with Gasteiger partial charge in [-0.25, -0.2) is 12.7 Å². The lowest BCUT2D eigenvalue weighted by Gasteiger charge is -2.34. The van der Waals surface area contributed by atoms with Crippen LogP contribution >= 0.6 is 0 Å². The highest BCUT2D eigenvalue weighted by atomic mass is 32.2. The maximum atomic E-state index is 12.5. The molecule has 0 radical (unpaired) electrons. The summed E-state index contributed by atoms with van der Waals surface area (Å²) >= 11 is 0. The number of nitrogens with one attached hydrogen (secondary N) is 1. The third-order valence-corrected chi connectivity index (χ3v) is 6.15. The summed E-state index contributed by atoms with van der Waals surface area (Å²) in [4.78, 5) is 2.18. The Bertz CT molecular complexity index is 374. The van der Waals surface area contributed by atoms with E-state index in [0.717, 1.165) is 19.4 Å². The first-order chi connectivity index (χ1) is 9.23. The maximum absolute atomic E-state index is 12.5. The Kier molecular flexibility index (Phi) is 6.91. The summed E-state index contributed by atoms with van der Waals surface area (Å²) in [5.41, 5.74) is 0. The van der Waals surface area contributed by atoms with Gasteiger partial charge in [-0.15, -0.1) is 0 Å². The third-order valence-electron chi connectivity index (χ3n) is 3.88. The minimum atomic E-state index is -3.15. The van der Waals surface area contributed by atoms with Crippen LogP contribution in [0.2, 0.25) is 0 Å². The summed E-state index contributed by atoms with van der Waals surface area (Å²) in [5, 5.41) is 2.86. The van der Waals surface area contributed by atoms with Gasteiger partial charge in [0.2, 0.25) is 10.0 Å². The number of nitrogens with zero attached hydrogens (tertiary/aromatic N) is 2. The van der Waals surface area contributed by atoms with E-state index in [-0.39, 0.29) is 5.25 Å². The van der Waals surface area contributed by atoms with Crippen molar-refractivity contribution in [2.24, 2.45) is 5.92 Å². The molecule has 5 nitrogen and oxygen atoms in total. The van der Waals surface area contributed by atoms with Crippen molar-refractivity contribution in [1.29, 1.82) is 0 Å². The van der Waals surface area contributed by atoms with Crippen LogP contribution in [0.5, 0.6) is 0 Å². The number of piperidine rings is 1. The largest absolute Gasteiger partial charge is 0.313 e. The van der Waals surface area contributed by atoms with Gasteiger partial charge in [0, 0.05) is 32.2 Å². The molecule has 120 valence electrons. The fourth-order valence-corrected chi connectivity index (χ4v) is 4.16. The van der Waals surface area contributed by atoms with E-state index in [4.69, 9.17) is 0 Å². The maximum Gasteiger partial charge on any atom is 0.217 e. The second-order valence-electron chi connectivity index (χ2n) is 6.52. The number of hydrogen-bond donors (Lipinski definition) is 1. The van der Waals surface area contributed by atoms with Gasteiger partial charge in [-0.3, -0.25) is 0 Å². The van der Waals surface area contributed by atoms with Gasteiger partial charge in [-0.05, 0) is 39.8 Å². The van der Waals surface area contributed by atoms with Crippen molar-refractivity contribution >= 4 is 10.0 Å². The summed E-state index contributed by atoms with van der Waals surface area (Å²) < 4.78 is 26.7. The Morgan fingerprint density at radius 3 is 2.20 bits per heavy atom. The van der Waals surface area contributed by atoms with E-state index in [9.17, 15) is 8.42 Å². The van der Waals surface area contributed by atoms with E-state index in [1.54, 1.807) is 11.2 Å². The summed E-state index contributed by atoms with van der Waals surface area (Å²) in [6, 6.07) is 0.318. The van der Waals surface area contributed by atoms with Crippen LogP contribution in [0.15, 0.2) is 0 Å². The van der Waals surface area contributed by atoms with Gasteiger partial charge < -0.3 is 10.2 Å². The average molecular weight is 305 g/mol. The molecule has 1 fully saturated rings. The van der Waals surface area contributed by atoms with Crippen molar-refractivity contribution in [3.05, 3.63) is 0 Å². The van der Waals surface area contributed by atoms with E-state index >= 15 is 0 Å². The number of sulfonamides is 1. The first-order valence-electron chi connectivity index (χ1n) is 7.60. The lowest BCUT2D eigenvalue weighted by molar-refractivity contribution is 0.224. The van der Waals surface area contributed by atoms with Gasteiger partial charge in [0.15, 0.2) is 0 Å². The molecule has 1 atom stereocenters. The fourth-order valence-electron chi connectivity index (χ4n) is 2.62. The van der Waals surface area contributed by atoms with Crippen LogP contribution in [0.3, 0.4) is 0 Å². The SMILES string of the molecule is CC(C)NCC(C)S(=O)(=O)N1CCC(CN(C)C)CC1. The second kappa shape index (κ2) is 7.73. The molecule has 0 aromatic rings. The molecule has 1 unspecified atom stereocenters. The number of hydrogen-bond acceptors (Lipinski definition) is 4. The zero-order valence-corrected chi connectivity index (χ0v) is 14.4. The predicted octanol–water partition coefficient (Wildman–Crippen LogP) is 0.976. The minimum absolute atomic E-state index is 0.318. The molecule has 0 spiro atoms. The van der Waals surface area contributed by atoms with Crippen LogP contribution in [-0.4, -0.2) is 69.2 Å². The van der Waals surface area contributed by atoms with Crippen molar-refractivity contribution in [2.75, 3.05) is 40.3 Å². The minimum Gasteiger partial charge on any atom is -0.313 e. The van der Waals surface area contributed by atoms with E-state index in [1.165, 1.54) is 0 Å². The monoisotopic (exact) mass is 305 g/mol. The second-order valence-corrected chi connectivity index (χ2v) is 8.87. The molecule has 6 heteroatoms. The topological polar surface area (TPSA) is 52.7 Å². The van der Waals surface area contributed by atoms with Crippen LogP contribution in [0.1, 0.15) is 33.6 Å². The Balaban J connectivity index is 2.49. The summed E-state index contributed by atoms with van der Waals surface area (Å²) in [5.74, 6) is 0.626. The van der Waals surface area contributed by atoms with E-state index in [1.807, 2.05) is 13.8 Å². The van der Waals surface area contributed by atoms with Crippen LogP contribution < -0.4 is 5.32 Å². The third kappa shape index (κ3) is 5.31. The molecule has 1 heterocycles. The lowest BCUT2D eigenvalue weighted by atomic mass is 9.98. The Hall–Kier alpha value is -0.170. The fraction of sp³-hybridized carbons (Fsp3) is 1.00. The van der Waals surface area contributed by atoms with Crippen LogP contribution in [0.25, 0.3) is 0 Å². The molecule has 1 aliphatic rings. The van der Waals surface area contributed by atoms with E-state index < -0.39 is 10.0 Å². The molecule has 0 aromatic heterocycles.